The Morgan fingerprint density at radius 1 is 1.00 bits per heavy atom. The van der Waals surface area contributed by atoms with Crippen molar-refractivity contribution in [1.82, 2.24) is 5.16 Å². The summed E-state index contributed by atoms with van der Waals surface area (Å²) in [5.41, 5.74) is 1.50. The number of ether oxygens (including phenoxy) is 2. The summed E-state index contributed by atoms with van der Waals surface area (Å²) in [6.45, 7) is 1.88. The van der Waals surface area contributed by atoms with Gasteiger partial charge in [0.2, 0.25) is 0 Å². The highest BCUT2D eigenvalue weighted by Crippen LogP contribution is 2.60. The molecule has 4 saturated carbocycles. The van der Waals surface area contributed by atoms with Gasteiger partial charge >= 0.3 is 11.9 Å². The molecule has 4 aliphatic carbocycles. The van der Waals surface area contributed by atoms with Crippen molar-refractivity contribution < 1.29 is 23.6 Å². The average Bonchev–Trinajstić information content (AvgIpc) is 3.03. The molecule has 1 saturated heterocycles. The monoisotopic (exact) mass is 493 g/mol. The van der Waals surface area contributed by atoms with Crippen molar-refractivity contribution in [2.45, 2.75) is 44.8 Å². The second-order valence-corrected chi connectivity index (χ2v) is 11.5. The van der Waals surface area contributed by atoms with Crippen LogP contribution < -0.4 is 0 Å². The molecule has 1 aromatic carbocycles. The number of halogens is 1. The first-order valence-corrected chi connectivity index (χ1v) is 12.0. The van der Waals surface area contributed by atoms with E-state index in [0.717, 1.165) is 40.3 Å². The van der Waals surface area contributed by atoms with Gasteiger partial charge in [0.15, 0.2) is 9.09 Å². The molecule has 2 heterocycles. The number of hydrogen-bond acceptors (Lipinski definition) is 6. The molecule has 0 unspecified atom stereocenters. The normalized spacial score (nSPS) is 36.2. The Bertz CT molecular complexity index is 1000. The number of carbonyl (C=O) groups excluding carboxylic acids is 2. The van der Waals surface area contributed by atoms with Gasteiger partial charge in [-0.25, -0.2) is 9.59 Å². The van der Waals surface area contributed by atoms with Crippen LogP contribution in [0.2, 0.25) is 0 Å². The predicted molar refractivity (Wildman–Crippen MR) is 108 cm³/mol. The highest BCUT2D eigenvalue weighted by Gasteiger charge is 2.64. The van der Waals surface area contributed by atoms with Crippen LogP contribution in [0.15, 0.2) is 22.7 Å². The van der Waals surface area contributed by atoms with Gasteiger partial charge in [-0.3, -0.25) is 0 Å². The summed E-state index contributed by atoms with van der Waals surface area (Å²) in [7, 11) is 0. The van der Waals surface area contributed by atoms with Crippen LogP contribution in [0.3, 0.4) is 0 Å². The summed E-state index contributed by atoms with van der Waals surface area (Å²) >= 11 is -1.02. The van der Waals surface area contributed by atoms with Crippen LogP contribution in [0.25, 0.3) is 11.0 Å². The SMILES string of the molecule is Cc1noc2cc(I=C3C(=O)OC4(OC3=O)C3CC5CC(C3)CC4C5)ccc12. The Balaban J connectivity index is 1.33. The largest absolute Gasteiger partial charge is 0.418 e. The third kappa shape index (κ3) is 2.37. The average molecular weight is 493 g/mol. The number of nitrogens with zero attached hydrogens (tertiary/aromatic N) is 1. The molecule has 1 aliphatic heterocycles. The first kappa shape index (κ1) is 17.1. The minimum Gasteiger partial charge on any atom is -0.418 e. The van der Waals surface area contributed by atoms with Crippen molar-refractivity contribution >= 4 is 47.1 Å². The number of hydrogen-bond donors (Lipinski definition) is 0. The maximum atomic E-state index is 12.9. The summed E-state index contributed by atoms with van der Waals surface area (Å²) in [6.07, 6.45) is 5.34. The highest BCUT2D eigenvalue weighted by molar-refractivity contribution is 14.2. The van der Waals surface area contributed by atoms with Crippen LogP contribution >= 0.6 is 20.7 Å². The van der Waals surface area contributed by atoms with Crippen molar-refractivity contribution in [3.05, 3.63) is 27.5 Å². The van der Waals surface area contributed by atoms with Crippen LogP contribution in [0.5, 0.6) is 0 Å². The van der Waals surface area contributed by atoms with Crippen LogP contribution in [0.1, 0.15) is 37.8 Å². The van der Waals surface area contributed by atoms with Gasteiger partial charge in [-0.05, 0) is 69.1 Å². The second kappa shape index (κ2) is 5.87. The molecule has 5 aliphatic rings. The molecular weight excluding hydrogens is 473 g/mol. The van der Waals surface area contributed by atoms with Crippen LogP contribution in [0.4, 0.5) is 0 Å². The number of aromatic nitrogens is 1. The Morgan fingerprint density at radius 3 is 2.29 bits per heavy atom. The predicted octanol–water partition coefficient (Wildman–Crippen LogP) is 3.70. The lowest BCUT2D eigenvalue weighted by atomic mass is 9.53. The summed E-state index contributed by atoms with van der Waals surface area (Å²) in [5, 5.41) is 4.90. The standard InChI is InChI=1S/C21H20INO5/c1-10-16-3-2-15(9-17(16)28-23-10)22-18-19(24)26-21(27-20(18)25)13-5-11-4-12(7-13)8-14(21)6-11/h2-3,9,11-14H,4-8H2,1H3. The lowest BCUT2D eigenvalue weighted by Gasteiger charge is -2.59. The molecule has 6 nitrogen and oxygen atoms in total. The Kier molecular flexibility index (Phi) is 3.59. The quantitative estimate of drug-likeness (QED) is 0.446. The van der Waals surface area contributed by atoms with E-state index in [1.54, 1.807) is 0 Å². The van der Waals surface area contributed by atoms with Gasteiger partial charge in [0.1, 0.15) is 0 Å². The van der Waals surface area contributed by atoms with E-state index in [4.69, 9.17) is 14.0 Å². The molecule has 1 aromatic heterocycles. The highest BCUT2D eigenvalue weighted by atomic mass is 127. The van der Waals surface area contributed by atoms with Gasteiger partial charge in [0.05, 0.1) is 5.69 Å². The number of esters is 2. The zero-order valence-electron chi connectivity index (χ0n) is 15.4. The van der Waals surface area contributed by atoms with E-state index < -0.39 is 38.5 Å². The number of benzene rings is 1. The van der Waals surface area contributed by atoms with Gasteiger partial charge in [0, 0.05) is 20.8 Å². The molecule has 1 spiro atoms. The molecule has 0 amide bonds. The van der Waals surface area contributed by atoms with Gasteiger partial charge in [-0.15, -0.1) is 0 Å². The molecule has 0 N–H and O–H groups in total. The molecule has 28 heavy (non-hydrogen) atoms. The molecule has 0 atom stereocenters. The van der Waals surface area contributed by atoms with Crippen molar-refractivity contribution in [2.75, 3.05) is 0 Å². The third-order valence-electron chi connectivity index (χ3n) is 6.96. The second-order valence-electron chi connectivity index (χ2n) is 8.62. The van der Waals surface area contributed by atoms with E-state index >= 15 is 0 Å². The zero-order valence-corrected chi connectivity index (χ0v) is 17.6. The molecular formula is C21H20INO5. The number of rotatable bonds is 1. The number of aryl methyl sites for hydroxylation is 1. The van der Waals surface area contributed by atoms with Crippen LogP contribution in [0, 0.1) is 34.2 Å². The first-order valence-electron chi connectivity index (χ1n) is 9.86. The lowest BCUT2D eigenvalue weighted by Crippen LogP contribution is -2.65. The smallest absolute Gasteiger partial charge is 0.354 e. The fourth-order valence-corrected chi connectivity index (χ4v) is 8.02. The number of carbonyl (C=O) groups is 2. The number of fused-ring (bicyclic) bond motifs is 1. The van der Waals surface area contributed by atoms with Crippen LogP contribution in [-0.4, -0.2) is 26.4 Å². The zero-order chi connectivity index (χ0) is 19.0. The minimum absolute atomic E-state index is 0.171. The maximum Gasteiger partial charge on any atom is 0.354 e. The fraction of sp³-hybridized carbons (Fsp3) is 0.524. The van der Waals surface area contributed by atoms with Crippen molar-refractivity contribution in [3.63, 3.8) is 0 Å². The Hall–Kier alpha value is -1.77. The van der Waals surface area contributed by atoms with Crippen LogP contribution in [-0.2, 0) is 19.1 Å². The molecule has 5 fully saturated rings. The van der Waals surface area contributed by atoms with Crippen molar-refractivity contribution in [1.29, 1.82) is 0 Å². The van der Waals surface area contributed by atoms with Gasteiger partial charge in [-0.1, -0.05) is 25.9 Å². The van der Waals surface area contributed by atoms with E-state index in [0.29, 0.717) is 17.4 Å². The lowest BCUT2D eigenvalue weighted by molar-refractivity contribution is -0.308. The first-order chi connectivity index (χ1) is 13.5. The topological polar surface area (TPSA) is 78.6 Å². The summed E-state index contributed by atoms with van der Waals surface area (Å²) in [6, 6.07) is 5.72. The third-order valence-corrected chi connectivity index (χ3v) is 9.67. The van der Waals surface area contributed by atoms with Gasteiger partial charge < -0.3 is 14.0 Å². The van der Waals surface area contributed by atoms with Gasteiger partial charge in [0.25, 0.3) is 5.79 Å². The molecule has 7 heteroatoms. The molecule has 4 bridgehead atoms. The summed E-state index contributed by atoms with van der Waals surface area (Å²) in [4.78, 5) is 25.8. The maximum absolute atomic E-state index is 12.9. The minimum atomic E-state index is -1.02. The van der Waals surface area contributed by atoms with Crippen molar-refractivity contribution in [2.24, 2.45) is 23.7 Å². The van der Waals surface area contributed by atoms with E-state index in [1.165, 1.54) is 6.42 Å². The molecule has 0 radical (unpaired) electrons. The van der Waals surface area contributed by atoms with E-state index in [-0.39, 0.29) is 15.3 Å². The van der Waals surface area contributed by atoms with E-state index in [2.05, 4.69) is 5.16 Å². The fourth-order valence-electron chi connectivity index (χ4n) is 5.94. The molecule has 146 valence electrons. The van der Waals surface area contributed by atoms with E-state index in [9.17, 15) is 9.59 Å². The summed E-state index contributed by atoms with van der Waals surface area (Å²) < 4.78 is 18.3. The van der Waals surface area contributed by atoms with Gasteiger partial charge in [-0.2, -0.15) is 0 Å². The van der Waals surface area contributed by atoms with Crippen molar-refractivity contribution in [3.8, 4) is 0 Å². The molecule has 2 aromatic rings. The summed E-state index contributed by atoms with van der Waals surface area (Å²) in [5.74, 6) is -0.174. The Labute approximate surface area is 171 Å². The molecule has 7 rings (SSSR count). The van der Waals surface area contributed by atoms with E-state index in [1.807, 2.05) is 25.1 Å². The Morgan fingerprint density at radius 2 is 1.64 bits per heavy atom.